The van der Waals surface area contributed by atoms with Crippen molar-refractivity contribution >= 4 is 5.82 Å². The average molecular weight is 328 g/mol. The van der Waals surface area contributed by atoms with Crippen LogP contribution in [0.2, 0.25) is 0 Å². The molecule has 1 aliphatic heterocycles. The molecule has 0 amide bonds. The highest BCUT2D eigenvalue weighted by Crippen LogP contribution is 2.24. The van der Waals surface area contributed by atoms with E-state index in [1.54, 1.807) is 6.92 Å². The third kappa shape index (κ3) is 3.73. The van der Waals surface area contributed by atoms with Crippen LogP contribution < -0.4 is 4.90 Å². The highest BCUT2D eigenvalue weighted by Gasteiger charge is 2.25. The second-order valence-electron chi connectivity index (χ2n) is 6.60. The molecule has 2 aromatic rings. The van der Waals surface area contributed by atoms with Gasteiger partial charge in [-0.1, -0.05) is 30.3 Å². The van der Waals surface area contributed by atoms with Gasteiger partial charge in [0.1, 0.15) is 5.82 Å². The van der Waals surface area contributed by atoms with E-state index in [-0.39, 0.29) is 5.82 Å². The Morgan fingerprint density at radius 1 is 1.12 bits per heavy atom. The summed E-state index contributed by atoms with van der Waals surface area (Å²) in [7, 11) is 1.95. The molecule has 5 heteroatoms. The lowest BCUT2D eigenvalue weighted by Crippen LogP contribution is -2.43. The molecule has 1 saturated heterocycles. The first-order valence-electron chi connectivity index (χ1n) is 8.54. The highest BCUT2D eigenvalue weighted by atomic mass is 19.1. The largest absolute Gasteiger partial charge is 0.354 e. The van der Waals surface area contributed by atoms with Crippen LogP contribution in [0.5, 0.6) is 0 Å². The molecule has 3 rings (SSSR count). The second kappa shape index (κ2) is 7.26. The first-order valence-corrected chi connectivity index (χ1v) is 8.54. The lowest BCUT2D eigenvalue weighted by Gasteiger charge is -2.37. The number of benzene rings is 1. The molecule has 0 unspecified atom stereocenters. The molecular formula is C19H25FN4. The van der Waals surface area contributed by atoms with E-state index < -0.39 is 0 Å². The molecule has 0 N–H and O–H groups in total. The summed E-state index contributed by atoms with van der Waals surface area (Å²) in [5, 5.41) is 0. The molecule has 128 valence electrons. The maximum Gasteiger partial charge on any atom is 0.186 e. The van der Waals surface area contributed by atoms with Crippen molar-refractivity contribution in [2.75, 3.05) is 25.0 Å². The van der Waals surface area contributed by atoms with Crippen LogP contribution in [0.1, 0.15) is 29.9 Å². The normalized spacial score (nSPS) is 16.3. The van der Waals surface area contributed by atoms with Crippen molar-refractivity contribution in [3.8, 4) is 0 Å². The van der Waals surface area contributed by atoms with Crippen LogP contribution >= 0.6 is 0 Å². The summed E-state index contributed by atoms with van der Waals surface area (Å²) in [6, 6.07) is 10.9. The fourth-order valence-electron chi connectivity index (χ4n) is 3.39. The van der Waals surface area contributed by atoms with Gasteiger partial charge in [-0.2, -0.15) is 0 Å². The average Bonchev–Trinajstić information content (AvgIpc) is 2.59. The quantitative estimate of drug-likeness (QED) is 0.862. The van der Waals surface area contributed by atoms with Crippen LogP contribution in [0, 0.1) is 19.7 Å². The predicted molar refractivity (Wildman–Crippen MR) is 94.6 cm³/mol. The Morgan fingerprint density at radius 3 is 2.46 bits per heavy atom. The van der Waals surface area contributed by atoms with Crippen LogP contribution in [0.4, 0.5) is 10.2 Å². The fourth-order valence-corrected chi connectivity index (χ4v) is 3.39. The van der Waals surface area contributed by atoms with Gasteiger partial charge in [-0.3, -0.25) is 4.90 Å². The van der Waals surface area contributed by atoms with E-state index in [9.17, 15) is 4.39 Å². The SMILES string of the molecule is Cc1nc(C)c(F)c(N(C)C2CCN(Cc3ccccc3)CC2)n1. The van der Waals surface area contributed by atoms with Crippen LogP contribution in [0.25, 0.3) is 0 Å². The Morgan fingerprint density at radius 2 is 1.79 bits per heavy atom. The Balaban J connectivity index is 1.62. The molecule has 0 saturated carbocycles. The molecule has 0 aliphatic carbocycles. The van der Waals surface area contributed by atoms with Gasteiger partial charge in [0.25, 0.3) is 0 Å². The summed E-state index contributed by atoms with van der Waals surface area (Å²) in [4.78, 5) is 12.9. The number of aromatic nitrogens is 2. The summed E-state index contributed by atoms with van der Waals surface area (Å²) in [6.45, 7) is 6.54. The maximum atomic E-state index is 14.4. The summed E-state index contributed by atoms with van der Waals surface area (Å²) in [6.07, 6.45) is 2.04. The van der Waals surface area contributed by atoms with E-state index in [1.807, 2.05) is 24.9 Å². The minimum atomic E-state index is -0.296. The van der Waals surface area contributed by atoms with Crippen molar-refractivity contribution in [1.82, 2.24) is 14.9 Å². The van der Waals surface area contributed by atoms with E-state index in [2.05, 4.69) is 39.1 Å². The summed E-state index contributed by atoms with van der Waals surface area (Å²) in [5.41, 5.74) is 1.77. The number of anilines is 1. The first kappa shape index (κ1) is 16.8. The molecule has 1 aromatic heterocycles. The van der Waals surface area contributed by atoms with Crippen molar-refractivity contribution < 1.29 is 4.39 Å². The van der Waals surface area contributed by atoms with E-state index in [1.165, 1.54) is 5.56 Å². The Labute approximate surface area is 143 Å². The van der Waals surface area contributed by atoms with Gasteiger partial charge >= 0.3 is 0 Å². The Bertz CT molecular complexity index is 681. The van der Waals surface area contributed by atoms with Crippen molar-refractivity contribution in [2.45, 2.75) is 39.3 Å². The molecule has 2 heterocycles. The predicted octanol–water partition coefficient (Wildman–Crippen LogP) is 3.33. The number of nitrogens with zero attached hydrogens (tertiary/aromatic N) is 4. The molecule has 0 atom stereocenters. The number of aryl methyl sites for hydroxylation is 2. The zero-order chi connectivity index (χ0) is 17.1. The van der Waals surface area contributed by atoms with Gasteiger partial charge in [0.05, 0.1) is 5.69 Å². The Kier molecular flexibility index (Phi) is 5.09. The third-order valence-corrected chi connectivity index (χ3v) is 4.80. The monoisotopic (exact) mass is 328 g/mol. The minimum Gasteiger partial charge on any atom is -0.354 e. The van der Waals surface area contributed by atoms with Crippen LogP contribution in [0.3, 0.4) is 0 Å². The number of hydrogen-bond acceptors (Lipinski definition) is 4. The van der Waals surface area contributed by atoms with Gasteiger partial charge in [-0.05, 0) is 32.3 Å². The number of likely N-dealkylation sites (tertiary alicyclic amines) is 1. The van der Waals surface area contributed by atoms with E-state index in [0.29, 0.717) is 23.4 Å². The third-order valence-electron chi connectivity index (χ3n) is 4.80. The van der Waals surface area contributed by atoms with Crippen molar-refractivity contribution in [2.24, 2.45) is 0 Å². The van der Waals surface area contributed by atoms with E-state index in [4.69, 9.17) is 0 Å². The maximum absolute atomic E-state index is 14.4. The van der Waals surface area contributed by atoms with Gasteiger partial charge in [0.15, 0.2) is 11.6 Å². The van der Waals surface area contributed by atoms with Gasteiger partial charge < -0.3 is 4.90 Å². The van der Waals surface area contributed by atoms with E-state index in [0.717, 1.165) is 32.5 Å². The van der Waals surface area contributed by atoms with Gasteiger partial charge in [0.2, 0.25) is 0 Å². The molecule has 1 aromatic carbocycles. The lowest BCUT2D eigenvalue weighted by atomic mass is 10.0. The molecule has 0 bridgehead atoms. The van der Waals surface area contributed by atoms with Gasteiger partial charge in [-0.25, -0.2) is 14.4 Å². The first-order chi connectivity index (χ1) is 11.5. The van der Waals surface area contributed by atoms with Crippen molar-refractivity contribution in [3.63, 3.8) is 0 Å². The molecule has 4 nitrogen and oxygen atoms in total. The van der Waals surface area contributed by atoms with Crippen LogP contribution in [0.15, 0.2) is 30.3 Å². The standard InChI is InChI=1S/C19H25FN4/c1-14-18(20)19(22-15(2)21-14)23(3)17-9-11-24(12-10-17)13-16-7-5-4-6-8-16/h4-8,17H,9-13H2,1-3H3. The second-order valence-corrected chi connectivity index (χ2v) is 6.60. The summed E-state index contributed by atoms with van der Waals surface area (Å²) >= 11 is 0. The van der Waals surface area contributed by atoms with Crippen LogP contribution in [-0.4, -0.2) is 41.0 Å². The highest BCUT2D eigenvalue weighted by molar-refractivity contribution is 5.42. The minimum absolute atomic E-state index is 0.296. The van der Waals surface area contributed by atoms with Crippen molar-refractivity contribution in [1.29, 1.82) is 0 Å². The molecule has 0 spiro atoms. The Hall–Kier alpha value is -2.01. The summed E-state index contributed by atoms with van der Waals surface area (Å²) < 4.78 is 14.4. The summed E-state index contributed by atoms with van der Waals surface area (Å²) in [5.74, 6) is 0.758. The number of hydrogen-bond donors (Lipinski definition) is 0. The molecule has 1 aliphatic rings. The van der Waals surface area contributed by atoms with Gasteiger partial charge in [-0.15, -0.1) is 0 Å². The molecule has 24 heavy (non-hydrogen) atoms. The molecule has 0 radical (unpaired) electrons. The number of halogens is 1. The topological polar surface area (TPSA) is 32.3 Å². The smallest absolute Gasteiger partial charge is 0.186 e. The number of rotatable bonds is 4. The van der Waals surface area contributed by atoms with Crippen molar-refractivity contribution in [3.05, 3.63) is 53.2 Å². The zero-order valence-corrected chi connectivity index (χ0v) is 14.7. The number of piperidine rings is 1. The van der Waals surface area contributed by atoms with E-state index >= 15 is 0 Å². The lowest BCUT2D eigenvalue weighted by molar-refractivity contribution is 0.203. The zero-order valence-electron chi connectivity index (χ0n) is 14.7. The molecule has 1 fully saturated rings. The fraction of sp³-hybridized carbons (Fsp3) is 0.474. The van der Waals surface area contributed by atoms with Crippen LogP contribution in [-0.2, 0) is 6.54 Å². The molecular weight excluding hydrogens is 303 g/mol. The van der Waals surface area contributed by atoms with Gasteiger partial charge in [0, 0.05) is 32.7 Å².